The molecule has 0 radical (unpaired) electrons. The largest absolute Gasteiger partial charge is 0.497 e. The Balaban J connectivity index is 1.62. The van der Waals surface area contributed by atoms with Gasteiger partial charge >= 0.3 is 0 Å². The molecule has 37 heavy (non-hydrogen) atoms. The number of carbonyl (C=O) groups excluding carboxylic acids is 2. The molecule has 192 valence electrons. The molecule has 0 bridgehead atoms. The Bertz CT molecular complexity index is 1280. The van der Waals surface area contributed by atoms with E-state index in [-0.39, 0.29) is 37.2 Å². The lowest BCUT2D eigenvalue weighted by atomic mass is 9.97. The molecule has 7 nitrogen and oxygen atoms in total. The van der Waals surface area contributed by atoms with E-state index >= 15 is 0 Å². The minimum absolute atomic E-state index is 0.169. The van der Waals surface area contributed by atoms with Crippen molar-refractivity contribution in [3.63, 3.8) is 0 Å². The summed E-state index contributed by atoms with van der Waals surface area (Å²) in [5.41, 5.74) is 3.89. The predicted octanol–water partition coefficient (Wildman–Crippen LogP) is 4.61. The summed E-state index contributed by atoms with van der Waals surface area (Å²) in [6.07, 6.45) is 0.525. The summed E-state index contributed by atoms with van der Waals surface area (Å²) in [5, 5.41) is 6.17. The number of hydrazone groups is 1. The molecule has 1 atom stereocenters. The Morgan fingerprint density at radius 1 is 1.05 bits per heavy atom. The van der Waals surface area contributed by atoms with Crippen LogP contribution in [0.1, 0.15) is 39.5 Å². The number of aryl methyl sites for hydroxylation is 1. The molecular weight excluding hydrogens is 473 g/mol. The van der Waals surface area contributed by atoms with Crippen molar-refractivity contribution < 1.29 is 23.5 Å². The first-order valence-electron chi connectivity index (χ1n) is 12.0. The van der Waals surface area contributed by atoms with Gasteiger partial charge in [-0.2, -0.15) is 5.10 Å². The van der Waals surface area contributed by atoms with E-state index in [1.54, 1.807) is 7.11 Å². The van der Waals surface area contributed by atoms with E-state index < -0.39 is 11.7 Å². The zero-order chi connectivity index (χ0) is 26.4. The van der Waals surface area contributed by atoms with Crippen LogP contribution in [0.15, 0.2) is 77.9 Å². The number of carbonyl (C=O) groups is 2. The SMILES string of the molecule is COCCN(CC(=O)N1N=C(c2ccc(OC)cc2)C[C@H]1c1ccc(C)cc1)C(=O)c1cccc(F)c1. The van der Waals surface area contributed by atoms with Crippen LogP contribution in [0.5, 0.6) is 5.75 Å². The van der Waals surface area contributed by atoms with Gasteiger partial charge in [0.2, 0.25) is 0 Å². The number of ether oxygens (including phenoxy) is 2. The Labute approximate surface area is 216 Å². The third-order valence-electron chi connectivity index (χ3n) is 6.30. The number of halogens is 1. The first-order valence-corrected chi connectivity index (χ1v) is 12.0. The first-order chi connectivity index (χ1) is 17.9. The van der Waals surface area contributed by atoms with Crippen LogP contribution in [0.2, 0.25) is 0 Å². The van der Waals surface area contributed by atoms with Gasteiger partial charge in [-0.05, 0) is 60.5 Å². The lowest BCUT2D eigenvalue weighted by Gasteiger charge is -2.27. The fourth-order valence-electron chi connectivity index (χ4n) is 4.24. The summed E-state index contributed by atoms with van der Waals surface area (Å²) in [7, 11) is 3.13. The van der Waals surface area contributed by atoms with Crippen LogP contribution < -0.4 is 4.74 Å². The number of amides is 2. The minimum atomic E-state index is -0.517. The van der Waals surface area contributed by atoms with Gasteiger partial charge in [0, 0.05) is 25.6 Å². The third kappa shape index (κ3) is 6.21. The molecule has 0 spiro atoms. The van der Waals surface area contributed by atoms with Crippen LogP contribution in [0.25, 0.3) is 0 Å². The number of rotatable bonds is 9. The van der Waals surface area contributed by atoms with Gasteiger partial charge < -0.3 is 14.4 Å². The normalized spacial score (nSPS) is 14.9. The molecule has 1 aliphatic rings. The van der Waals surface area contributed by atoms with Crippen molar-refractivity contribution in [3.8, 4) is 5.75 Å². The zero-order valence-electron chi connectivity index (χ0n) is 21.2. The Hall–Kier alpha value is -4.04. The molecular formula is C29H30FN3O4. The van der Waals surface area contributed by atoms with Gasteiger partial charge in [-0.3, -0.25) is 9.59 Å². The van der Waals surface area contributed by atoms with Gasteiger partial charge in [0.1, 0.15) is 18.1 Å². The molecule has 0 aromatic heterocycles. The molecule has 3 aromatic carbocycles. The molecule has 0 fully saturated rings. The second kappa shape index (κ2) is 11.8. The lowest BCUT2D eigenvalue weighted by molar-refractivity contribution is -0.133. The Morgan fingerprint density at radius 2 is 1.78 bits per heavy atom. The van der Waals surface area contributed by atoms with Crippen LogP contribution in [0, 0.1) is 12.7 Å². The maximum Gasteiger partial charge on any atom is 0.262 e. The van der Waals surface area contributed by atoms with E-state index in [1.165, 1.54) is 35.2 Å². The average molecular weight is 504 g/mol. The molecule has 0 unspecified atom stereocenters. The quantitative estimate of drug-likeness (QED) is 0.428. The van der Waals surface area contributed by atoms with E-state index in [4.69, 9.17) is 14.6 Å². The van der Waals surface area contributed by atoms with Crippen molar-refractivity contribution in [2.24, 2.45) is 5.10 Å². The second-order valence-corrected chi connectivity index (χ2v) is 8.87. The highest BCUT2D eigenvalue weighted by atomic mass is 19.1. The van der Waals surface area contributed by atoms with E-state index in [1.807, 2.05) is 55.5 Å². The van der Waals surface area contributed by atoms with Crippen LogP contribution in [0.4, 0.5) is 4.39 Å². The molecule has 3 aromatic rings. The van der Waals surface area contributed by atoms with Crippen molar-refractivity contribution in [3.05, 3.63) is 101 Å². The molecule has 4 rings (SSSR count). The predicted molar refractivity (Wildman–Crippen MR) is 139 cm³/mol. The van der Waals surface area contributed by atoms with E-state index in [2.05, 4.69) is 0 Å². The average Bonchev–Trinajstić information content (AvgIpc) is 3.36. The molecule has 1 heterocycles. The van der Waals surface area contributed by atoms with Gasteiger partial charge in [0.25, 0.3) is 11.8 Å². The highest BCUT2D eigenvalue weighted by Crippen LogP contribution is 2.33. The van der Waals surface area contributed by atoms with Gasteiger partial charge in [0.05, 0.1) is 25.5 Å². The number of nitrogens with zero attached hydrogens (tertiary/aromatic N) is 3. The number of hydrogen-bond acceptors (Lipinski definition) is 5. The standard InChI is InChI=1S/C29H30FN3O4/c1-20-7-9-22(10-8-20)27-18-26(21-11-13-25(37-3)14-12-21)31-33(27)28(34)19-32(15-16-36-2)29(35)23-5-4-6-24(30)17-23/h4-14,17,27H,15-16,18-19H2,1-3H3/t27-/m0/s1. The van der Waals surface area contributed by atoms with E-state index in [9.17, 15) is 14.0 Å². The molecule has 0 saturated carbocycles. The Morgan fingerprint density at radius 3 is 2.43 bits per heavy atom. The van der Waals surface area contributed by atoms with Gasteiger partial charge in [-0.25, -0.2) is 9.40 Å². The molecule has 1 aliphatic heterocycles. The summed E-state index contributed by atoms with van der Waals surface area (Å²) < 4.78 is 24.2. The van der Waals surface area contributed by atoms with E-state index in [0.29, 0.717) is 6.42 Å². The van der Waals surface area contributed by atoms with Gasteiger partial charge in [-0.1, -0.05) is 35.9 Å². The van der Waals surface area contributed by atoms with Gasteiger partial charge in [0.15, 0.2) is 0 Å². The lowest BCUT2D eigenvalue weighted by Crippen LogP contribution is -2.42. The number of hydrogen-bond donors (Lipinski definition) is 0. The van der Waals surface area contributed by atoms with Crippen LogP contribution >= 0.6 is 0 Å². The summed E-state index contributed by atoms with van der Waals surface area (Å²) in [4.78, 5) is 28.2. The van der Waals surface area contributed by atoms with Crippen LogP contribution in [-0.2, 0) is 9.53 Å². The first kappa shape index (κ1) is 26.0. The Kier molecular flexibility index (Phi) is 8.30. The monoisotopic (exact) mass is 503 g/mol. The smallest absolute Gasteiger partial charge is 0.262 e. The summed E-state index contributed by atoms with van der Waals surface area (Å²) in [6.45, 7) is 2.19. The molecule has 0 saturated heterocycles. The summed E-state index contributed by atoms with van der Waals surface area (Å²) >= 11 is 0. The van der Waals surface area contributed by atoms with E-state index in [0.717, 1.165) is 34.2 Å². The summed E-state index contributed by atoms with van der Waals surface area (Å²) in [5.74, 6) is -0.572. The zero-order valence-corrected chi connectivity index (χ0v) is 21.2. The van der Waals surface area contributed by atoms with Crippen molar-refractivity contribution in [1.29, 1.82) is 0 Å². The molecule has 0 aliphatic carbocycles. The second-order valence-electron chi connectivity index (χ2n) is 8.87. The molecule has 8 heteroatoms. The van der Waals surface area contributed by atoms with Crippen LogP contribution in [0.3, 0.4) is 0 Å². The highest BCUT2D eigenvalue weighted by Gasteiger charge is 2.34. The maximum absolute atomic E-state index is 13.8. The molecule has 0 N–H and O–H groups in total. The topological polar surface area (TPSA) is 71.4 Å². The van der Waals surface area contributed by atoms with Crippen molar-refractivity contribution in [2.75, 3.05) is 33.9 Å². The number of benzene rings is 3. The fraction of sp³-hybridized carbons (Fsp3) is 0.276. The fourth-order valence-corrected chi connectivity index (χ4v) is 4.24. The van der Waals surface area contributed by atoms with Gasteiger partial charge in [-0.15, -0.1) is 0 Å². The van der Waals surface area contributed by atoms with Crippen molar-refractivity contribution in [2.45, 2.75) is 19.4 Å². The van der Waals surface area contributed by atoms with Crippen molar-refractivity contribution >= 4 is 17.5 Å². The maximum atomic E-state index is 13.8. The number of methoxy groups -OCH3 is 2. The third-order valence-corrected chi connectivity index (χ3v) is 6.30. The highest BCUT2D eigenvalue weighted by molar-refractivity contribution is 6.03. The van der Waals surface area contributed by atoms with Crippen molar-refractivity contribution in [1.82, 2.24) is 9.91 Å². The molecule has 2 amide bonds. The summed E-state index contributed by atoms with van der Waals surface area (Å²) in [6, 6.07) is 20.6. The van der Waals surface area contributed by atoms with Crippen LogP contribution in [-0.4, -0.2) is 61.4 Å². The minimum Gasteiger partial charge on any atom is -0.497 e.